The van der Waals surface area contributed by atoms with E-state index in [4.69, 9.17) is 11.6 Å². The lowest BCUT2D eigenvalue weighted by molar-refractivity contribution is 0.750. The molecule has 0 saturated carbocycles. The largest absolute Gasteiger partial charge is 0.372 e. The molecule has 2 nitrogen and oxygen atoms in total. The number of halogens is 1. The molecule has 0 bridgehead atoms. The predicted octanol–water partition coefficient (Wildman–Crippen LogP) is 2.97. The normalized spacial score (nSPS) is 10.7. The molecule has 1 aromatic heterocycles. The van der Waals surface area contributed by atoms with Crippen molar-refractivity contribution in [3.05, 3.63) is 23.5 Å². The second-order valence-corrected chi connectivity index (χ2v) is 4.06. The van der Waals surface area contributed by atoms with Crippen molar-refractivity contribution >= 4 is 17.3 Å². The molecule has 0 aliphatic carbocycles. The van der Waals surface area contributed by atoms with E-state index in [0.29, 0.717) is 11.9 Å². The minimum absolute atomic E-state index is 0.471. The van der Waals surface area contributed by atoms with Crippen molar-refractivity contribution in [1.29, 1.82) is 0 Å². The summed E-state index contributed by atoms with van der Waals surface area (Å²) in [6, 6.07) is 2.55. The maximum Gasteiger partial charge on any atom is 0.0509 e. The Morgan fingerprint density at radius 3 is 2.64 bits per heavy atom. The van der Waals surface area contributed by atoms with Gasteiger partial charge in [0.2, 0.25) is 0 Å². The molecule has 1 aromatic rings. The van der Waals surface area contributed by atoms with Gasteiger partial charge in [0, 0.05) is 36.2 Å². The Balaban J connectivity index is 3.10. The van der Waals surface area contributed by atoms with Crippen LogP contribution < -0.4 is 4.90 Å². The monoisotopic (exact) mass is 212 g/mol. The second kappa shape index (κ2) is 4.65. The van der Waals surface area contributed by atoms with Crippen LogP contribution in [0, 0.1) is 6.92 Å². The number of hydrogen-bond donors (Lipinski definition) is 0. The van der Waals surface area contributed by atoms with Gasteiger partial charge < -0.3 is 4.90 Å². The van der Waals surface area contributed by atoms with Gasteiger partial charge in [-0.15, -0.1) is 11.6 Å². The first-order valence-corrected chi connectivity index (χ1v) is 5.34. The van der Waals surface area contributed by atoms with Gasteiger partial charge in [-0.3, -0.25) is 4.98 Å². The second-order valence-electron chi connectivity index (χ2n) is 3.79. The van der Waals surface area contributed by atoms with Crippen LogP contribution in [0.15, 0.2) is 12.3 Å². The van der Waals surface area contributed by atoms with Crippen LogP contribution in [0.5, 0.6) is 0 Å². The van der Waals surface area contributed by atoms with E-state index in [2.05, 4.69) is 36.8 Å². The molecule has 78 valence electrons. The Kier molecular flexibility index (Phi) is 3.76. The van der Waals surface area contributed by atoms with E-state index >= 15 is 0 Å². The van der Waals surface area contributed by atoms with Gasteiger partial charge in [-0.25, -0.2) is 0 Å². The highest BCUT2D eigenvalue weighted by atomic mass is 35.5. The number of pyridine rings is 1. The Hall–Kier alpha value is -0.760. The maximum absolute atomic E-state index is 5.87. The maximum atomic E-state index is 5.87. The van der Waals surface area contributed by atoms with E-state index in [0.717, 1.165) is 11.3 Å². The van der Waals surface area contributed by atoms with Gasteiger partial charge in [-0.1, -0.05) is 0 Å². The molecule has 0 unspecified atom stereocenters. The number of aromatic nitrogens is 1. The van der Waals surface area contributed by atoms with Crippen molar-refractivity contribution in [2.24, 2.45) is 0 Å². The minimum atomic E-state index is 0.471. The minimum Gasteiger partial charge on any atom is -0.372 e. The first-order valence-electron chi connectivity index (χ1n) is 4.80. The van der Waals surface area contributed by atoms with Crippen LogP contribution in [-0.2, 0) is 5.88 Å². The number of nitrogens with zero attached hydrogens (tertiary/aromatic N) is 2. The van der Waals surface area contributed by atoms with Crippen LogP contribution in [0.2, 0.25) is 0 Å². The lowest BCUT2D eigenvalue weighted by Crippen LogP contribution is -2.26. The molecular formula is C11H17ClN2. The molecule has 3 heteroatoms. The molecule has 0 N–H and O–H groups in total. The Bertz CT molecular complexity index is 310. The van der Waals surface area contributed by atoms with Crippen molar-refractivity contribution < 1.29 is 0 Å². The summed E-state index contributed by atoms with van der Waals surface area (Å²) in [7, 11) is 2.08. The smallest absolute Gasteiger partial charge is 0.0509 e. The average molecular weight is 213 g/mol. The summed E-state index contributed by atoms with van der Waals surface area (Å²) in [5.41, 5.74) is 3.30. The van der Waals surface area contributed by atoms with E-state index in [1.807, 2.05) is 13.1 Å². The van der Waals surface area contributed by atoms with Crippen LogP contribution >= 0.6 is 11.6 Å². The standard InChI is InChI=1S/C11H17ClN2/c1-8(2)14(4)11-5-9(3)13-7-10(11)6-12/h5,7-8H,6H2,1-4H3. The fourth-order valence-electron chi connectivity index (χ4n) is 1.28. The molecular weight excluding hydrogens is 196 g/mol. The fraction of sp³-hybridized carbons (Fsp3) is 0.545. The summed E-state index contributed by atoms with van der Waals surface area (Å²) < 4.78 is 0. The molecule has 0 amide bonds. The third kappa shape index (κ3) is 2.38. The molecule has 0 fully saturated rings. The highest BCUT2D eigenvalue weighted by Crippen LogP contribution is 2.22. The van der Waals surface area contributed by atoms with E-state index in [1.54, 1.807) is 0 Å². The number of anilines is 1. The van der Waals surface area contributed by atoms with E-state index in [9.17, 15) is 0 Å². The third-order valence-corrected chi connectivity index (χ3v) is 2.69. The Morgan fingerprint density at radius 2 is 2.14 bits per heavy atom. The molecule has 0 spiro atoms. The highest BCUT2D eigenvalue weighted by molar-refractivity contribution is 6.17. The first-order chi connectivity index (χ1) is 6.56. The van der Waals surface area contributed by atoms with Crippen molar-refractivity contribution in [2.45, 2.75) is 32.7 Å². The van der Waals surface area contributed by atoms with Crippen molar-refractivity contribution in [3.8, 4) is 0 Å². The zero-order chi connectivity index (χ0) is 10.7. The van der Waals surface area contributed by atoms with Crippen LogP contribution in [-0.4, -0.2) is 18.1 Å². The molecule has 0 aromatic carbocycles. The number of hydrogen-bond acceptors (Lipinski definition) is 2. The Labute approximate surface area is 90.9 Å². The number of aryl methyl sites for hydroxylation is 1. The molecule has 0 radical (unpaired) electrons. The molecule has 1 heterocycles. The highest BCUT2D eigenvalue weighted by Gasteiger charge is 2.10. The molecule has 14 heavy (non-hydrogen) atoms. The molecule has 1 rings (SSSR count). The Morgan fingerprint density at radius 1 is 1.50 bits per heavy atom. The van der Waals surface area contributed by atoms with Crippen LogP contribution in [0.25, 0.3) is 0 Å². The summed E-state index contributed by atoms with van der Waals surface area (Å²) in [6.07, 6.45) is 1.86. The van der Waals surface area contributed by atoms with Gasteiger partial charge in [-0.2, -0.15) is 0 Å². The topological polar surface area (TPSA) is 16.1 Å². The summed E-state index contributed by atoms with van der Waals surface area (Å²) >= 11 is 5.87. The van der Waals surface area contributed by atoms with Gasteiger partial charge in [0.1, 0.15) is 0 Å². The third-order valence-electron chi connectivity index (χ3n) is 2.40. The predicted molar refractivity (Wildman–Crippen MR) is 62.1 cm³/mol. The van der Waals surface area contributed by atoms with E-state index < -0.39 is 0 Å². The zero-order valence-electron chi connectivity index (χ0n) is 9.21. The van der Waals surface area contributed by atoms with Gasteiger partial charge in [0.25, 0.3) is 0 Å². The first kappa shape index (κ1) is 11.3. The fourth-order valence-corrected chi connectivity index (χ4v) is 1.49. The van der Waals surface area contributed by atoms with Gasteiger partial charge in [0.15, 0.2) is 0 Å². The quantitative estimate of drug-likeness (QED) is 0.717. The summed E-state index contributed by atoms with van der Waals surface area (Å²) in [5, 5.41) is 0. The SMILES string of the molecule is Cc1cc(N(C)C(C)C)c(CCl)cn1. The zero-order valence-corrected chi connectivity index (χ0v) is 9.97. The lowest BCUT2D eigenvalue weighted by Gasteiger charge is -2.26. The molecule has 0 atom stereocenters. The lowest BCUT2D eigenvalue weighted by atomic mass is 10.2. The molecule has 0 aliphatic rings. The van der Waals surface area contributed by atoms with Crippen LogP contribution in [0.1, 0.15) is 25.1 Å². The summed E-state index contributed by atoms with van der Waals surface area (Å²) in [5.74, 6) is 0.514. The van der Waals surface area contributed by atoms with Crippen LogP contribution in [0.4, 0.5) is 5.69 Å². The summed E-state index contributed by atoms with van der Waals surface area (Å²) in [6.45, 7) is 6.32. The van der Waals surface area contributed by atoms with Gasteiger partial charge in [0.05, 0.1) is 5.88 Å². The van der Waals surface area contributed by atoms with Crippen molar-refractivity contribution in [1.82, 2.24) is 4.98 Å². The van der Waals surface area contributed by atoms with Crippen LogP contribution in [0.3, 0.4) is 0 Å². The summed E-state index contributed by atoms with van der Waals surface area (Å²) in [4.78, 5) is 6.46. The van der Waals surface area contributed by atoms with Crippen molar-refractivity contribution in [2.75, 3.05) is 11.9 Å². The average Bonchev–Trinajstić information content (AvgIpc) is 2.16. The molecule has 0 aliphatic heterocycles. The number of alkyl halides is 1. The number of rotatable bonds is 3. The van der Waals surface area contributed by atoms with Crippen molar-refractivity contribution in [3.63, 3.8) is 0 Å². The van der Waals surface area contributed by atoms with E-state index in [-0.39, 0.29) is 0 Å². The van der Waals surface area contributed by atoms with Gasteiger partial charge >= 0.3 is 0 Å². The van der Waals surface area contributed by atoms with Gasteiger partial charge in [-0.05, 0) is 26.8 Å². The molecule has 0 saturated heterocycles. The van der Waals surface area contributed by atoms with E-state index in [1.165, 1.54) is 5.69 Å².